The number of primary amides is 1. The summed E-state index contributed by atoms with van der Waals surface area (Å²) >= 11 is 0. The van der Waals surface area contributed by atoms with Gasteiger partial charge in [0, 0.05) is 6.54 Å². The molecule has 0 fully saturated rings. The van der Waals surface area contributed by atoms with E-state index in [2.05, 4.69) is 5.32 Å². The standard InChI is InChI=1S/C10H19N3O4/c1-6(10(16)17)3-2-4-13-9(15)7(11)5-8(12)14/h6-7H,2-5,11H2,1H3,(H2,12,14)(H,13,15)(H,16,17). The van der Waals surface area contributed by atoms with Gasteiger partial charge in [0.1, 0.15) is 0 Å². The average molecular weight is 245 g/mol. The average Bonchev–Trinajstić information content (AvgIpc) is 2.22. The first-order chi connectivity index (χ1) is 7.84. The molecule has 0 aromatic heterocycles. The molecule has 7 nitrogen and oxygen atoms in total. The first-order valence-corrected chi connectivity index (χ1v) is 5.39. The molecule has 0 aliphatic carbocycles. The number of aliphatic carboxylic acids is 1. The first-order valence-electron chi connectivity index (χ1n) is 5.39. The molecule has 0 aromatic carbocycles. The van der Waals surface area contributed by atoms with Crippen LogP contribution < -0.4 is 16.8 Å². The maximum absolute atomic E-state index is 11.3. The number of hydrogen-bond acceptors (Lipinski definition) is 4. The summed E-state index contributed by atoms with van der Waals surface area (Å²) in [5.74, 6) is -2.38. The fourth-order valence-corrected chi connectivity index (χ4v) is 1.18. The first kappa shape index (κ1) is 15.4. The molecule has 7 heteroatoms. The lowest BCUT2D eigenvalue weighted by molar-refractivity contribution is -0.141. The summed E-state index contributed by atoms with van der Waals surface area (Å²) in [7, 11) is 0. The summed E-state index contributed by atoms with van der Waals surface area (Å²) < 4.78 is 0. The van der Waals surface area contributed by atoms with Crippen LogP contribution in [0.1, 0.15) is 26.2 Å². The molecule has 2 amide bonds. The van der Waals surface area contributed by atoms with Gasteiger partial charge in [0.05, 0.1) is 18.4 Å². The third-order valence-corrected chi connectivity index (χ3v) is 2.29. The third-order valence-electron chi connectivity index (χ3n) is 2.29. The van der Waals surface area contributed by atoms with Crippen LogP contribution in [0.15, 0.2) is 0 Å². The molecule has 0 rings (SSSR count). The number of rotatable bonds is 8. The van der Waals surface area contributed by atoms with Gasteiger partial charge in [-0.25, -0.2) is 0 Å². The number of hydrogen-bond donors (Lipinski definition) is 4. The molecular weight excluding hydrogens is 226 g/mol. The third kappa shape index (κ3) is 7.29. The van der Waals surface area contributed by atoms with E-state index >= 15 is 0 Å². The second-order valence-corrected chi connectivity index (χ2v) is 3.95. The minimum absolute atomic E-state index is 0.197. The smallest absolute Gasteiger partial charge is 0.306 e. The minimum atomic E-state index is -0.940. The van der Waals surface area contributed by atoms with Crippen molar-refractivity contribution in [1.82, 2.24) is 5.32 Å². The molecule has 0 radical (unpaired) electrons. The summed E-state index contributed by atoms with van der Waals surface area (Å²) in [6, 6.07) is -0.940. The highest BCUT2D eigenvalue weighted by Gasteiger charge is 2.15. The van der Waals surface area contributed by atoms with Crippen LogP contribution in [0.3, 0.4) is 0 Å². The lowest BCUT2D eigenvalue weighted by Gasteiger charge is -2.11. The van der Waals surface area contributed by atoms with E-state index in [1.54, 1.807) is 6.92 Å². The number of nitrogens with one attached hydrogen (secondary N) is 1. The fraction of sp³-hybridized carbons (Fsp3) is 0.700. The van der Waals surface area contributed by atoms with E-state index in [-0.39, 0.29) is 6.42 Å². The molecule has 98 valence electrons. The summed E-state index contributed by atoms with van der Waals surface area (Å²) in [6.45, 7) is 1.94. The quantitative estimate of drug-likeness (QED) is 0.398. The number of carbonyl (C=O) groups excluding carboxylic acids is 2. The van der Waals surface area contributed by atoms with Crippen molar-refractivity contribution < 1.29 is 19.5 Å². The molecule has 0 aliphatic heterocycles. The van der Waals surface area contributed by atoms with E-state index in [1.165, 1.54) is 0 Å². The second-order valence-electron chi connectivity index (χ2n) is 3.95. The maximum atomic E-state index is 11.3. The Kier molecular flexibility index (Phi) is 6.88. The van der Waals surface area contributed by atoms with Gasteiger partial charge >= 0.3 is 5.97 Å². The van der Waals surface area contributed by atoms with Crippen LogP contribution in [-0.2, 0) is 14.4 Å². The Bertz CT molecular complexity index is 293. The zero-order valence-electron chi connectivity index (χ0n) is 9.81. The van der Waals surface area contributed by atoms with Crippen molar-refractivity contribution in [2.45, 2.75) is 32.2 Å². The number of carboxylic acid groups (broad SMARTS) is 1. The highest BCUT2D eigenvalue weighted by molar-refractivity contribution is 5.87. The van der Waals surface area contributed by atoms with Gasteiger partial charge in [0.15, 0.2) is 0 Å². The summed E-state index contributed by atoms with van der Waals surface area (Å²) in [4.78, 5) is 32.3. The molecule has 6 N–H and O–H groups in total. The van der Waals surface area contributed by atoms with Crippen molar-refractivity contribution >= 4 is 17.8 Å². The highest BCUT2D eigenvalue weighted by atomic mass is 16.4. The van der Waals surface area contributed by atoms with Crippen molar-refractivity contribution in [3.05, 3.63) is 0 Å². The Labute approximate surface area is 99.5 Å². The van der Waals surface area contributed by atoms with Gasteiger partial charge in [-0.2, -0.15) is 0 Å². The maximum Gasteiger partial charge on any atom is 0.306 e. The lowest BCUT2D eigenvalue weighted by Crippen LogP contribution is -2.43. The zero-order chi connectivity index (χ0) is 13.4. The molecule has 0 bridgehead atoms. The van der Waals surface area contributed by atoms with Crippen LogP contribution in [0.2, 0.25) is 0 Å². The molecule has 2 unspecified atom stereocenters. The van der Waals surface area contributed by atoms with Crippen LogP contribution in [0.25, 0.3) is 0 Å². The predicted molar refractivity (Wildman–Crippen MR) is 60.8 cm³/mol. The topological polar surface area (TPSA) is 136 Å². The number of amides is 2. The van der Waals surface area contributed by atoms with Crippen molar-refractivity contribution in [2.75, 3.05) is 6.54 Å². The fourth-order valence-electron chi connectivity index (χ4n) is 1.18. The van der Waals surface area contributed by atoms with E-state index in [0.29, 0.717) is 19.4 Å². The molecule has 0 saturated carbocycles. The number of carbonyl (C=O) groups is 3. The molecule has 0 aliphatic rings. The molecule has 2 atom stereocenters. The van der Waals surface area contributed by atoms with Crippen molar-refractivity contribution in [3.63, 3.8) is 0 Å². The normalized spacial score (nSPS) is 13.8. The van der Waals surface area contributed by atoms with Crippen molar-refractivity contribution in [2.24, 2.45) is 17.4 Å². The van der Waals surface area contributed by atoms with Crippen LogP contribution >= 0.6 is 0 Å². The zero-order valence-corrected chi connectivity index (χ0v) is 9.81. The molecule has 0 aromatic rings. The molecule has 0 spiro atoms. The predicted octanol–water partition coefficient (Wildman–Crippen LogP) is -1.19. The van der Waals surface area contributed by atoms with E-state index in [9.17, 15) is 14.4 Å². The SMILES string of the molecule is CC(CCCNC(=O)C(N)CC(N)=O)C(=O)O. The second kappa shape index (κ2) is 7.61. The van der Waals surface area contributed by atoms with Crippen molar-refractivity contribution in [1.29, 1.82) is 0 Å². The summed E-state index contributed by atoms with van der Waals surface area (Å²) in [6.07, 6.45) is 0.820. The van der Waals surface area contributed by atoms with Gasteiger partial charge in [-0.05, 0) is 12.8 Å². The van der Waals surface area contributed by atoms with E-state index in [4.69, 9.17) is 16.6 Å². The van der Waals surface area contributed by atoms with Gasteiger partial charge in [0.25, 0.3) is 0 Å². The van der Waals surface area contributed by atoms with E-state index in [0.717, 1.165) is 0 Å². The van der Waals surface area contributed by atoms with Crippen LogP contribution in [0, 0.1) is 5.92 Å². The highest BCUT2D eigenvalue weighted by Crippen LogP contribution is 2.04. The van der Waals surface area contributed by atoms with Gasteiger partial charge in [-0.3, -0.25) is 14.4 Å². The Morgan fingerprint density at radius 1 is 1.35 bits per heavy atom. The van der Waals surface area contributed by atoms with E-state index < -0.39 is 29.7 Å². The molecular formula is C10H19N3O4. The Hall–Kier alpha value is -1.63. The van der Waals surface area contributed by atoms with Gasteiger partial charge < -0.3 is 21.9 Å². The summed E-state index contributed by atoms with van der Waals surface area (Å²) in [5.41, 5.74) is 10.3. The van der Waals surface area contributed by atoms with E-state index in [1.807, 2.05) is 0 Å². The molecule has 0 heterocycles. The lowest BCUT2D eigenvalue weighted by atomic mass is 10.1. The number of nitrogens with two attached hydrogens (primary N) is 2. The molecule has 0 saturated heterocycles. The minimum Gasteiger partial charge on any atom is -0.481 e. The van der Waals surface area contributed by atoms with Crippen molar-refractivity contribution in [3.8, 4) is 0 Å². The summed E-state index contributed by atoms with van der Waals surface area (Å²) in [5, 5.41) is 11.1. The van der Waals surface area contributed by atoms with Crippen LogP contribution in [0.5, 0.6) is 0 Å². The van der Waals surface area contributed by atoms with Crippen LogP contribution in [-0.4, -0.2) is 35.5 Å². The molecule has 17 heavy (non-hydrogen) atoms. The Morgan fingerprint density at radius 2 is 1.94 bits per heavy atom. The van der Waals surface area contributed by atoms with Gasteiger partial charge in [-0.15, -0.1) is 0 Å². The Balaban J connectivity index is 3.71. The van der Waals surface area contributed by atoms with Crippen LogP contribution in [0.4, 0.5) is 0 Å². The largest absolute Gasteiger partial charge is 0.481 e. The monoisotopic (exact) mass is 245 g/mol. The van der Waals surface area contributed by atoms with Gasteiger partial charge in [-0.1, -0.05) is 6.92 Å². The number of carboxylic acids is 1. The Morgan fingerprint density at radius 3 is 2.41 bits per heavy atom. The van der Waals surface area contributed by atoms with Gasteiger partial charge in [0.2, 0.25) is 11.8 Å².